The zero-order valence-electron chi connectivity index (χ0n) is 6.73. The van der Waals surface area contributed by atoms with Gasteiger partial charge >= 0.3 is 0 Å². The molecule has 0 spiro atoms. The summed E-state index contributed by atoms with van der Waals surface area (Å²) in [5, 5.41) is 7.38. The molecule has 0 saturated carbocycles. The molecule has 1 aromatic carbocycles. The molecule has 0 fully saturated rings. The molecule has 1 aliphatic rings. The van der Waals surface area contributed by atoms with E-state index in [2.05, 4.69) is 22.7 Å². The monoisotopic (exact) mass is 158 g/mol. The molecule has 1 aromatic rings. The first-order valence-corrected chi connectivity index (χ1v) is 3.74. The lowest BCUT2D eigenvalue weighted by molar-refractivity contribution is 0.906. The molecule has 1 aliphatic heterocycles. The third-order valence-electron chi connectivity index (χ3n) is 1.73. The van der Waals surface area contributed by atoms with E-state index in [-0.39, 0.29) is 0 Å². The summed E-state index contributed by atoms with van der Waals surface area (Å²) in [6.45, 7) is 2.05. The Labute approximate surface area is 70.8 Å². The molecule has 0 atom stereocenters. The van der Waals surface area contributed by atoms with Crippen LogP contribution in [0.5, 0.6) is 0 Å². The lowest BCUT2D eigenvalue weighted by Gasteiger charge is -1.96. The van der Waals surface area contributed by atoms with Gasteiger partial charge in [0.25, 0.3) is 0 Å². The van der Waals surface area contributed by atoms with Crippen LogP contribution in [-0.2, 0) is 0 Å². The highest BCUT2D eigenvalue weighted by atomic mass is 15.4. The predicted octanol–water partition coefficient (Wildman–Crippen LogP) is 2.28. The van der Waals surface area contributed by atoms with Crippen molar-refractivity contribution in [3.63, 3.8) is 0 Å². The van der Waals surface area contributed by atoms with Crippen molar-refractivity contribution in [2.24, 2.45) is 10.3 Å². The first-order valence-electron chi connectivity index (χ1n) is 3.74. The molecule has 1 radical (unpaired) electrons. The van der Waals surface area contributed by atoms with Crippen LogP contribution in [0.1, 0.15) is 11.1 Å². The van der Waals surface area contributed by atoms with Gasteiger partial charge in [-0.3, -0.25) is 0 Å². The van der Waals surface area contributed by atoms with Crippen molar-refractivity contribution in [1.82, 2.24) is 5.43 Å². The Hall–Kier alpha value is -1.64. The lowest BCUT2D eigenvalue weighted by atomic mass is 10.1. The number of rotatable bonds is 1. The third kappa shape index (κ3) is 1.21. The van der Waals surface area contributed by atoms with Crippen LogP contribution in [0.25, 0.3) is 5.70 Å². The van der Waals surface area contributed by atoms with Crippen LogP contribution < -0.4 is 5.43 Å². The Bertz CT molecular complexity index is 335. The van der Waals surface area contributed by atoms with E-state index < -0.39 is 0 Å². The van der Waals surface area contributed by atoms with E-state index in [1.54, 1.807) is 6.20 Å². The van der Waals surface area contributed by atoms with Gasteiger partial charge in [0.15, 0.2) is 0 Å². The zero-order valence-corrected chi connectivity index (χ0v) is 6.73. The van der Waals surface area contributed by atoms with Gasteiger partial charge in [-0.05, 0) is 12.1 Å². The van der Waals surface area contributed by atoms with Crippen molar-refractivity contribution < 1.29 is 0 Å². The van der Waals surface area contributed by atoms with Crippen molar-refractivity contribution in [1.29, 1.82) is 0 Å². The number of hydrogen-bond donors (Lipinski definition) is 0. The van der Waals surface area contributed by atoms with Crippen LogP contribution in [0, 0.1) is 6.92 Å². The van der Waals surface area contributed by atoms with E-state index >= 15 is 0 Å². The van der Waals surface area contributed by atoms with Gasteiger partial charge in [-0.2, -0.15) is 0 Å². The number of aryl methyl sites for hydroxylation is 1. The maximum absolute atomic E-state index is 3.86. The lowest BCUT2D eigenvalue weighted by Crippen LogP contribution is -1.79. The molecule has 0 bridgehead atoms. The second-order valence-corrected chi connectivity index (χ2v) is 2.69. The summed E-state index contributed by atoms with van der Waals surface area (Å²) in [6.07, 6.45) is 1.66. The SMILES string of the molecule is Cc1ccc(C2=C[N]N=N2)cc1. The predicted molar refractivity (Wildman–Crippen MR) is 46.1 cm³/mol. The van der Waals surface area contributed by atoms with Crippen molar-refractivity contribution in [3.05, 3.63) is 41.6 Å². The minimum absolute atomic E-state index is 0.829. The quantitative estimate of drug-likeness (QED) is 0.601. The van der Waals surface area contributed by atoms with Crippen molar-refractivity contribution in [2.45, 2.75) is 6.92 Å². The summed E-state index contributed by atoms with van der Waals surface area (Å²) < 4.78 is 0. The van der Waals surface area contributed by atoms with E-state index in [0.29, 0.717) is 0 Å². The molecule has 1 heterocycles. The Morgan fingerprint density at radius 3 is 2.42 bits per heavy atom. The summed E-state index contributed by atoms with van der Waals surface area (Å²) in [4.78, 5) is 0. The molecule has 2 rings (SSSR count). The van der Waals surface area contributed by atoms with E-state index in [0.717, 1.165) is 11.3 Å². The van der Waals surface area contributed by atoms with E-state index in [9.17, 15) is 0 Å². The number of nitrogens with zero attached hydrogens (tertiary/aromatic N) is 3. The fraction of sp³-hybridized carbons (Fsp3) is 0.111. The summed E-state index contributed by atoms with van der Waals surface area (Å²) in [6, 6.07) is 8.12. The fourth-order valence-corrected chi connectivity index (χ4v) is 1.04. The Morgan fingerprint density at radius 2 is 1.83 bits per heavy atom. The Morgan fingerprint density at radius 1 is 1.08 bits per heavy atom. The second-order valence-electron chi connectivity index (χ2n) is 2.69. The molecule has 0 aliphatic carbocycles. The summed E-state index contributed by atoms with van der Waals surface area (Å²) in [7, 11) is 0. The summed E-state index contributed by atoms with van der Waals surface area (Å²) in [5.41, 5.74) is 6.79. The van der Waals surface area contributed by atoms with Crippen LogP contribution in [0.15, 0.2) is 40.8 Å². The minimum atomic E-state index is 0.829. The van der Waals surface area contributed by atoms with Crippen LogP contribution in [0.4, 0.5) is 0 Å². The Balaban J connectivity index is 2.35. The molecule has 12 heavy (non-hydrogen) atoms. The topological polar surface area (TPSA) is 38.8 Å². The van der Waals surface area contributed by atoms with Crippen LogP contribution in [0.3, 0.4) is 0 Å². The molecule has 59 valence electrons. The van der Waals surface area contributed by atoms with E-state index in [4.69, 9.17) is 0 Å². The first kappa shape index (κ1) is 7.03. The number of hydrogen-bond acceptors (Lipinski definition) is 2. The highest BCUT2D eigenvalue weighted by Crippen LogP contribution is 2.18. The van der Waals surface area contributed by atoms with Gasteiger partial charge in [0.2, 0.25) is 0 Å². The van der Waals surface area contributed by atoms with Crippen molar-refractivity contribution >= 4 is 5.70 Å². The molecule has 0 saturated heterocycles. The fourth-order valence-electron chi connectivity index (χ4n) is 1.04. The molecular weight excluding hydrogens is 150 g/mol. The molecule has 0 amide bonds. The molecule has 0 N–H and O–H groups in total. The van der Waals surface area contributed by atoms with E-state index in [1.165, 1.54) is 5.56 Å². The summed E-state index contributed by atoms with van der Waals surface area (Å²) in [5.74, 6) is 0. The molecule has 0 unspecified atom stereocenters. The highest BCUT2D eigenvalue weighted by molar-refractivity contribution is 5.64. The molecule has 0 aromatic heterocycles. The van der Waals surface area contributed by atoms with Gasteiger partial charge in [-0.25, -0.2) is 0 Å². The third-order valence-corrected chi connectivity index (χ3v) is 1.73. The molecule has 3 heteroatoms. The Kier molecular flexibility index (Phi) is 1.63. The van der Waals surface area contributed by atoms with Gasteiger partial charge in [0.1, 0.15) is 5.70 Å². The van der Waals surface area contributed by atoms with Crippen LogP contribution in [0.2, 0.25) is 0 Å². The first-order chi connectivity index (χ1) is 5.86. The average molecular weight is 158 g/mol. The van der Waals surface area contributed by atoms with Crippen LogP contribution >= 0.6 is 0 Å². The summed E-state index contributed by atoms with van der Waals surface area (Å²) >= 11 is 0. The molecule has 3 nitrogen and oxygen atoms in total. The van der Waals surface area contributed by atoms with Gasteiger partial charge in [0, 0.05) is 5.56 Å². The normalized spacial score (nSPS) is 14.2. The second kappa shape index (κ2) is 2.77. The maximum atomic E-state index is 3.86. The number of benzene rings is 1. The average Bonchev–Trinajstić information content (AvgIpc) is 2.58. The zero-order chi connectivity index (χ0) is 8.39. The maximum Gasteiger partial charge on any atom is 0.115 e. The van der Waals surface area contributed by atoms with Crippen molar-refractivity contribution in [3.8, 4) is 0 Å². The largest absolute Gasteiger partial charge is 0.136 e. The molecular formula is C9H8N3. The van der Waals surface area contributed by atoms with Crippen molar-refractivity contribution in [2.75, 3.05) is 0 Å². The highest BCUT2D eigenvalue weighted by Gasteiger charge is 2.03. The van der Waals surface area contributed by atoms with Gasteiger partial charge in [-0.15, -0.1) is 10.5 Å². The van der Waals surface area contributed by atoms with Gasteiger partial charge in [0.05, 0.1) is 6.20 Å². The standard InChI is InChI=1S/C9H8N3/c1-7-2-4-8(5-3-7)9-6-10-12-11-9/h2-6H,1H3. The van der Waals surface area contributed by atoms with E-state index in [1.807, 2.05) is 24.3 Å². The minimum Gasteiger partial charge on any atom is -0.136 e. The van der Waals surface area contributed by atoms with Crippen LogP contribution in [-0.4, -0.2) is 0 Å². The van der Waals surface area contributed by atoms with Gasteiger partial charge in [-0.1, -0.05) is 29.8 Å². The van der Waals surface area contributed by atoms with Gasteiger partial charge < -0.3 is 0 Å². The smallest absolute Gasteiger partial charge is 0.115 e.